The van der Waals surface area contributed by atoms with Crippen LogP contribution in [-0.4, -0.2) is 36.9 Å². The van der Waals surface area contributed by atoms with Crippen LogP contribution < -0.4 is 5.14 Å². The van der Waals surface area contributed by atoms with Crippen LogP contribution >= 0.6 is 0 Å². The number of aliphatic carboxylic acids is 1. The Hall–Kier alpha value is -0.660. The Morgan fingerprint density at radius 2 is 1.85 bits per heavy atom. The Kier molecular flexibility index (Phi) is 2.89. The average molecular weight is 208 g/mol. The third-order valence-corrected chi connectivity index (χ3v) is 3.25. The lowest BCUT2D eigenvalue weighted by molar-refractivity contribution is -0.142. The van der Waals surface area contributed by atoms with E-state index in [1.807, 2.05) is 0 Å². The van der Waals surface area contributed by atoms with E-state index in [1.165, 1.54) is 0 Å². The van der Waals surface area contributed by atoms with Crippen LogP contribution in [0.4, 0.5) is 0 Å². The zero-order valence-corrected chi connectivity index (χ0v) is 7.83. The first-order valence-corrected chi connectivity index (χ1v) is 5.42. The highest BCUT2D eigenvalue weighted by Crippen LogP contribution is 2.18. The van der Waals surface area contributed by atoms with E-state index in [9.17, 15) is 13.2 Å². The number of carboxylic acids is 1. The number of nitrogens with zero attached hydrogens (tertiary/aromatic N) is 1. The second-order valence-electron chi connectivity index (χ2n) is 3.06. The van der Waals surface area contributed by atoms with E-state index in [4.69, 9.17) is 10.2 Å². The minimum absolute atomic E-state index is 0.204. The van der Waals surface area contributed by atoms with Gasteiger partial charge in [0.25, 0.3) is 10.2 Å². The molecule has 0 atom stereocenters. The van der Waals surface area contributed by atoms with E-state index in [-0.39, 0.29) is 13.1 Å². The monoisotopic (exact) mass is 208 g/mol. The lowest BCUT2D eigenvalue weighted by Gasteiger charge is -2.27. The van der Waals surface area contributed by atoms with Crippen LogP contribution in [0, 0.1) is 5.92 Å². The summed E-state index contributed by atoms with van der Waals surface area (Å²) in [4.78, 5) is 10.5. The summed E-state index contributed by atoms with van der Waals surface area (Å²) in [5.74, 6) is -1.30. The third kappa shape index (κ3) is 2.64. The lowest BCUT2D eigenvalue weighted by Crippen LogP contribution is -2.43. The summed E-state index contributed by atoms with van der Waals surface area (Å²) >= 11 is 0. The maximum Gasteiger partial charge on any atom is 0.306 e. The van der Waals surface area contributed by atoms with Crippen molar-refractivity contribution >= 4 is 16.2 Å². The quantitative estimate of drug-likeness (QED) is 0.607. The van der Waals surface area contributed by atoms with Gasteiger partial charge in [0, 0.05) is 13.1 Å². The molecule has 1 saturated heterocycles. The standard InChI is InChI=1S/C6H12N2O4S/c7-13(11,12)8-3-1-5(2-4-8)6(9)10/h5H,1-4H2,(H,9,10)(H2,7,11,12). The van der Waals surface area contributed by atoms with Crippen LogP contribution in [0.25, 0.3) is 0 Å². The smallest absolute Gasteiger partial charge is 0.306 e. The molecule has 1 heterocycles. The van der Waals surface area contributed by atoms with Crippen molar-refractivity contribution in [1.82, 2.24) is 4.31 Å². The van der Waals surface area contributed by atoms with Crippen molar-refractivity contribution in [3.8, 4) is 0 Å². The van der Waals surface area contributed by atoms with Gasteiger partial charge in [0.05, 0.1) is 5.92 Å². The molecule has 3 N–H and O–H groups in total. The fraction of sp³-hybridized carbons (Fsp3) is 0.833. The molecule has 1 rings (SSSR count). The minimum atomic E-state index is -3.63. The fourth-order valence-electron chi connectivity index (χ4n) is 1.36. The number of carbonyl (C=O) groups is 1. The molecule has 7 heteroatoms. The van der Waals surface area contributed by atoms with Crippen LogP contribution in [0.3, 0.4) is 0 Å². The molecule has 76 valence electrons. The number of piperidine rings is 1. The number of rotatable bonds is 2. The normalized spacial score (nSPS) is 21.6. The van der Waals surface area contributed by atoms with Crippen molar-refractivity contribution in [2.24, 2.45) is 11.1 Å². The Morgan fingerprint density at radius 1 is 1.38 bits per heavy atom. The van der Waals surface area contributed by atoms with Crippen LogP contribution in [0.1, 0.15) is 12.8 Å². The van der Waals surface area contributed by atoms with E-state index in [0.29, 0.717) is 12.8 Å². The van der Waals surface area contributed by atoms with Crippen LogP contribution in [0.15, 0.2) is 0 Å². The number of hydrogen-bond acceptors (Lipinski definition) is 3. The van der Waals surface area contributed by atoms with E-state index in [1.54, 1.807) is 0 Å². The van der Waals surface area contributed by atoms with Crippen LogP contribution in [0.5, 0.6) is 0 Å². The highest BCUT2D eigenvalue weighted by atomic mass is 32.2. The van der Waals surface area contributed by atoms with Crippen molar-refractivity contribution in [3.05, 3.63) is 0 Å². The summed E-state index contributed by atoms with van der Waals surface area (Å²) in [5, 5.41) is 13.5. The molecule has 0 amide bonds. The zero-order chi connectivity index (χ0) is 10.1. The first kappa shape index (κ1) is 10.4. The van der Waals surface area contributed by atoms with Gasteiger partial charge in [-0.05, 0) is 12.8 Å². The first-order valence-electron chi connectivity index (χ1n) is 3.92. The number of hydrogen-bond donors (Lipinski definition) is 2. The predicted octanol–water partition coefficient (Wildman–Crippen LogP) is -1.01. The van der Waals surface area contributed by atoms with Crippen LogP contribution in [-0.2, 0) is 15.0 Å². The van der Waals surface area contributed by atoms with E-state index < -0.39 is 22.1 Å². The van der Waals surface area contributed by atoms with Crippen molar-refractivity contribution in [1.29, 1.82) is 0 Å². The summed E-state index contributed by atoms with van der Waals surface area (Å²) in [6, 6.07) is 0. The molecular weight excluding hydrogens is 196 g/mol. The maximum atomic E-state index is 10.8. The molecule has 0 unspecified atom stereocenters. The molecule has 1 aliphatic heterocycles. The topological polar surface area (TPSA) is 101 Å². The van der Waals surface area contributed by atoms with Gasteiger partial charge in [-0.25, -0.2) is 5.14 Å². The summed E-state index contributed by atoms with van der Waals surface area (Å²) in [6.07, 6.45) is 0.678. The molecule has 1 fully saturated rings. The molecule has 13 heavy (non-hydrogen) atoms. The molecule has 0 radical (unpaired) electrons. The van der Waals surface area contributed by atoms with E-state index in [0.717, 1.165) is 4.31 Å². The highest BCUT2D eigenvalue weighted by molar-refractivity contribution is 7.86. The van der Waals surface area contributed by atoms with Gasteiger partial charge < -0.3 is 5.11 Å². The Labute approximate surface area is 76.5 Å². The first-order chi connectivity index (χ1) is 5.91. The maximum absolute atomic E-state index is 10.8. The fourth-order valence-corrected chi connectivity index (χ4v) is 2.08. The van der Waals surface area contributed by atoms with E-state index >= 15 is 0 Å². The molecule has 1 aliphatic rings. The van der Waals surface area contributed by atoms with Crippen molar-refractivity contribution < 1.29 is 18.3 Å². The Balaban J connectivity index is 2.53. The molecule has 0 saturated carbocycles. The molecule has 0 aromatic carbocycles. The van der Waals surface area contributed by atoms with Gasteiger partial charge in [0.2, 0.25) is 0 Å². The minimum Gasteiger partial charge on any atom is -0.481 e. The summed E-state index contributed by atoms with van der Waals surface area (Å²) in [7, 11) is -3.63. The molecular formula is C6H12N2O4S. The number of carboxylic acid groups (broad SMARTS) is 1. The second kappa shape index (κ2) is 3.60. The SMILES string of the molecule is NS(=O)(=O)N1CCC(C(=O)O)CC1. The average Bonchev–Trinajstić information content (AvgIpc) is 2.03. The molecule has 0 aromatic rings. The van der Waals surface area contributed by atoms with E-state index in [2.05, 4.69) is 0 Å². The van der Waals surface area contributed by atoms with Crippen molar-refractivity contribution in [3.63, 3.8) is 0 Å². The summed E-state index contributed by atoms with van der Waals surface area (Å²) in [6.45, 7) is 0.408. The lowest BCUT2D eigenvalue weighted by atomic mass is 9.99. The van der Waals surface area contributed by atoms with Gasteiger partial charge in [-0.3, -0.25) is 4.79 Å². The Morgan fingerprint density at radius 3 is 2.15 bits per heavy atom. The molecule has 0 bridgehead atoms. The predicted molar refractivity (Wildman–Crippen MR) is 45.0 cm³/mol. The van der Waals surface area contributed by atoms with Crippen LogP contribution in [0.2, 0.25) is 0 Å². The second-order valence-corrected chi connectivity index (χ2v) is 4.60. The van der Waals surface area contributed by atoms with Gasteiger partial charge in [-0.15, -0.1) is 0 Å². The van der Waals surface area contributed by atoms with Gasteiger partial charge in [-0.1, -0.05) is 0 Å². The van der Waals surface area contributed by atoms with Gasteiger partial charge in [0.1, 0.15) is 0 Å². The summed E-state index contributed by atoms with van der Waals surface area (Å²) < 4.78 is 22.7. The zero-order valence-electron chi connectivity index (χ0n) is 7.01. The summed E-state index contributed by atoms with van der Waals surface area (Å²) in [5.41, 5.74) is 0. The molecule has 6 nitrogen and oxygen atoms in total. The third-order valence-electron chi connectivity index (χ3n) is 2.16. The molecule has 0 aliphatic carbocycles. The number of nitrogens with two attached hydrogens (primary N) is 1. The largest absolute Gasteiger partial charge is 0.481 e. The molecule has 0 spiro atoms. The van der Waals surface area contributed by atoms with Crippen molar-refractivity contribution in [2.75, 3.05) is 13.1 Å². The molecule has 0 aromatic heterocycles. The van der Waals surface area contributed by atoms with Gasteiger partial charge in [-0.2, -0.15) is 12.7 Å². The van der Waals surface area contributed by atoms with Gasteiger partial charge >= 0.3 is 5.97 Å². The van der Waals surface area contributed by atoms with Crippen molar-refractivity contribution in [2.45, 2.75) is 12.8 Å². The highest BCUT2D eigenvalue weighted by Gasteiger charge is 2.28. The Bertz CT molecular complexity index is 292. The van der Waals surface area contributed by atoms with Gasteiger partial charge in [0.15, 0.2) is 0 Å².